The summed E-state index contributed by atoms with van der Waals surface area (Å²) in [6.45, 7) is 0.525. The monoisotopic (exact) mass is 365 g/mol. The van der Waals surface area contributed by atoms with Crippen LogP contribution in [0.5, 0.6) is 0 Å². The Kier molecular flexibility index (Phi) is 4.03. The third kappa shape index (κ3) is 3.14. The Hall–Kier alpha value is -1.72. The summed E-state index contributed by atoms with van der Waals surface area (Å²) in [6.07, 6.45) is 3.44. The summed E-state index contributed by atoms with van der Waals surface area (Å²) in [6, 6.07) is 8.43. The van der Waals surface area contributed by atoms with E-state index in [1.54, 1.807) is 24.5 Å². The highest BCUT2D eigenvalue weighted by molar-refractivity contribution is 9.10. The highest BCUT2D eigenvalue weighted by Gasteiger charge is 2.05. The molecule has 0 spiro atoms. The molecule has 0 bridgehead atoms. The molecular formula is C15H10BrClFN3. The first-order chi connectivity index (χ1) is 10.1. The van der Waals surface area contributed by atoms with E-state index in [1.807, 2.05) is 12.1 Å². The van der Waals surface area contributed by atoms with E-state index < -0.39 is 5.82 Å². The van der Waals surface area contributed by atoms with Gasteiger partial charge >= 0.3 is 0 Å². The molecule has 0 saturated heterocycles. The Morgan fingerprint density at radius 1 is 1.19 bits per heavy atom. The summed E-state index contributed by atoms with van der Waals surface area (Å²) in [5, 5.41) is 3.39. The van der Waals surface area contributed by atoms with Gasteiger partial charge in [-0.15, -0.1) is 0 Å². The number of fused-ring (bicyclic) bond motifs is 1. The summed E-state index contributed by atoms with van der Waals surface area (Å²) in [5.74, 6) is -0.415. The van der Waals surface area contributed by atoms with Gasteiger partial charge in [-0.25, -0.2) is 4.39 Å². The fraction of sp³-hybridized carbons (Fsp3) is 0.0667. The Bertz CT molecular complexity index is 810. The van der Waals surface area contributed by atoms with Gasteiger partial charge in [-0.1, -0.05) is 17.7 Å². The fourth-order valence-electron chi connectivity index (χ4n) is 2.00. The maximum Gasteiger partial charge on any atom is 0.141 e. The molecule has 0 saturated carbocycles. The lowest BCUT2D eigenvalue weighted by atomic mass is 10.2. The number of hydrogen-bond acceptors (Lipinski definition) is 3. The minimum Gasteiger partial charge on any atom is -0.379 e. The van der Waals surface area contributed by atoms with E-state index >= 15 is 0 Å². The molecule has 0 unspecified atom stereocenters. The third-order valence-electron chi connectivity index (χ3n) is 3.01. The van der Waals surface area contributed by atoms with Crippen molar-refractivity contribution < 1.29 is 4.39 Å². The van der Waals surface area contributed by atoms with Crippen LogP contribution < -0.4 is 5.32 Å². The second-order valence-corrected chi connectivity index (χ2v) is 5.80. The van der Waals surface area contributed by atoms with Gasteiger partial charge in [0.1, 0.15) is 11.3 Å². The molecule has 2 heterocycles. The standard InChI is InChI=1S/C15H10BrClFN3/c16-10-6-14-15(21-8-10)13(3-4-19-14)20-7-9-1-2-12(18)11(17)5-9/h1-6,8H,7H2,(H,19,20). The van der Waals surface area contributed by atoms with E-state index in [4.69, 9.17) is 11.6 Å². The number of pyridine rings is 2. The molecule has 0 aliphatic rings. The summed E-state index contributed by atoms with van der Waals surface area (Å²) in [5.41, 5.74) is 3.34. The van der Waals surface area contributed by atoms with Crippen molar-refractivity contribution in [2.45, 2.75) is 6.54 Å². The van der Waals surface area contributed by atoms with Crippen LogP contribution in [0, 0.1) is 5.82 Å². The maximum absolute atomic E-state index is 13.1. The minimum absolute atomic E-state index is 0.121. The van der Waals surface area contributed by atoms with Gasteiger partial charge in [-0.3, -0.25) is 9.97 Å². The zero-order valence-corrected chi connectivity index (χ0v) is 13.1. The molecule has 3 aromatic rings. The summed E-state index contributed by atoms with van der Waals surface area (Å²) < 4.78 is 14.0. The van der Waals surface area contributed by atoms with Crippen LogP contribution in [0.1, 0.15) is 5.56 Å². The van der Waals surface area contributed by atoms with Gasteiger partial charge in [0.2, 0.25) is 0 Å². The smallest absolute Gasteiger partial charge is 0.141 e. The van der Waals surface area contributed by atoms with E-state index in [0.29, 0.717) is 6.54 Å². The zero-order chi connectivity index (χ0) is 14.8. The van der Waals surface area contributed by atoms with Crippen molar-refractivity contribution in [1.82, 2.24) is 9.97 Å². The van der Waals surface area contributed by atoms with Gasteiger partial charge < -0.3 is 5.32 Å². The van der Waals surface area contributed by atoms with E-state index in [0.717, 1.165) is 26.8 Å². The molecule has 2 aromatic heterocycles. The van der Waals surface area contributed by atoms with E-state index in [-0.39, 0.29) is 5.02 Å². The topological polar surface area (TPSA) is 37.8 Å². The van der Waals surface area contributed by atoms with Crippen molar-refractivity contribution in [2.75, 3.05) is 5.32 Å². The van der Waals surface area contributed by atoms with Gasteiger partial charge in [0.15, 0.2) is 0 Å². The lowest BCUT2D eigenvalue weighted by Crippen LogP contribution is -2.01. The average Bonchev–Trinajstić information content (AvgIpc) is 2.48. The number of halogens is 3. The number of nitrogens with one attached hydrogen (secondary N) is 1. The number of anilines is 1. The molecule has 6 heteroatoms. The molecule has 21 heavy (non-hydrogen) atoms. The highest BCUT2D eigenvalue weighted by Crippen LogP contribution is 2.23. The zero-order valence-electron chi connectivity index (χ0n) is 10.8. The van der Waals surface area contributed by atoms with Crippen LogP contribution in [0.15, 0.2) is 47.2 Å². The number of benzene rings is 1. The molecule has 0 atom stereocenters. The van der Waals surface area contributed by atoms with Gasteiger partial charge in [0.05, 0.1) is 16.2 Å². The quantitative estimate of drug-likeness (QED) is 0.724. The van der Waals surface area contributed by atoms with E-state index in [9.17, 15) is 4.39 Å². The first-order valence-corrected chi connectivity index (χ1v) is 7.38. The van der Waals surface area contributed by atoms with Crippen molar-refractivity contribution in [3.05, 3.63) is 63.6 Å². The first kappa shape index (κ1) is 14.2. The Balaban J connectivity index is 1.86. The minimum atomic E-state index is -0.415. The molecule has 0 amide bonds. The Labute approximate surface area is 134 Å². The summed E-state index contributed by atoms with van der Waals surface area (Å²) in [7, 11) is 0. The van der Waals surface area contributed by atoms with Crippen molar-refractivity contribution in [3.63, 3.8) is 0 Å². The number of aromatic nitrogens is 2. The van der Waals surface area contributed by atoms with Crippen LogP contribution in [0.25, 0.3) is 11.0 Å². The van der Waals surface area contributed by atoms with Crippen LogP contribution in [0.2, 0.25) is 5.02 Å². The van der Waals surface area contributed by atoms with Crippen molar-refractivity contribution in [2.24, 2.45) is 0 Å². The molecule has 1 aromatic carbocycles. The fourth-order valence-corrected chi connectivity index (χ4v) is 2.52. The number of rotatable bonds is 3. The number of hydrogen-bond donors (Lipinski definition) is 1. The highest BCUT2D eigenvalue weighted by atomic mass is 79.9. The second-order valence-electron chi connectivity index (χ2n) is 4.48. The summed E-state index contributed by atoms with van der Waals surface area (Å²) in [4.78, 5) is 8.65. The molecule has 0 fully saturated rings. The van der Waals surface area contributed by atoms with Gasteiger partial charge in [-0.2, -0.15) is 0 Å². The van der Waals surface area contributed by atoms with Crippen LogP contribution in [-0.2, 0) is 6.54 Å². The Morgan fingerprint density at radius 2 is 2.05 bits per heavy atom. The lowest BCUT2D eigenvalue weighted by molar-refractivity contribution is 0.627. The molecule has 0 aliphatic carbocycles. The Morgan fingerprint density at radius 3 is 2.86 bits per heavy atom. The predicted molar refractivity (Wildman–Crippen MR) is 86.0 cm³/mol. The summed E-state index contributed by atoms with van der Waals surface area (Å²) >= 11 is 9.15. The number of nitrogens with zero attached hydrogens (tertiary/aromatic N) is 2. The van der Waals surface area contributed by atoms with Crippen LogP contribution in [-0.4, -0.2) is 9.97 Å². The van der Waals surface area contributed by atoms with Crippen molar-refractivity contribution in [1.29, 1.82) is 0 Å². The molecule has 3 rings (SSSR count). The molecule has 0 radical (unpaired) electrons. The van der Waals surface area contributed by atoms with Gasteiger partial charge in [0, 0.05) is 23.4 Å². The molecule has 3 nitrogen and oxygen atoms in total. The SMILES string of the molecule is Fc1ccc(CNc2ccnc3cc(Br)cnc23)cc1Cl. The molecular weight excluding hydrogens is 357 g/mol. The van der Waals surface area contributed by atoms with Crippen molar-refractivity contribution in [3.8, 4) is 0 Å². The second kappa shape index (κ2) is 5.95. The van der Waals surface area contributed by atoms with Crippen LogP contribution >= 0.6 is 27.5 Å². The van der Waals surface area contributed by atoms with Gasteiger partial charge in [-0.05, 0) is 45.8 Å². The van der Waals surface area contributed by atoms with Gasteiger partial charge in [0.25, 0.3) is 0 Å². The largest absolute Gasteiger partial charge is 0.379 e. The molecule has 106 valence electrons. The molecule has 1 N–H and O–H groups in total. The molecule has 0 aliphatic heterocycles. The third-order valence-corrected chi connectivity index (χ3v) is 3.73. The van der Waals surface area contributed by atoms with E-state index in [2.05, 4.69) is 31.2 Å². The van der Waals surface area contributed by atoms with Crippen molar-refractivity contribution >= 4 is 44.3 Å². The lowest BCUT2D eigenvalue weighted by Gasteiger charge is -2.09. The normalized spacial score (nSPS) is 10.8. The van der Waals surface area contributed by atoms with Crippen LogP contribution in [0.4, 0.5) is 10.1 Å². The van der Waals surface area contributed by atoms with E-state index in [1.165, 1.54) is 6.07 Å². The average molecular weight is 367 g/mol. The predicted octanol–water partition coefficient (Wildman–Crippen LogP) is 4.80. The van der Waals surface area contributed by atoms with Crippen LogP contribution in [0.3, 0.4) is 0 Å². The first-order valence-electron chi connectivity index (χ1n) is 6.21. The maximum atomic E-state index is 13.1.